The van der Waals surface area contributed by atoms with Gasteiger partial charge in [0.15, 0.2) is 0 Å². The minimum absolute atomic E-state index is 0.324. The lowest BCUT2D eigenvalue weighted by Gasteiger charge is -2.12. The van der Waals surface area contributed by atoms with Gasteiger partial charge < -0.3 is 10.3 Å². The number of aryl methyl sites for hydroxylation is 1. The summed E-state index contributed by atoms with van der Waals surface area (Å²) in [5, 5.41) is 1.69. The van der Waals surface area contributed by atoms with Crippen molar-refractivity contribution in [2.24, 2.45) is 5.73 Å². The number of nitrogens with zero attached hydrogens (tertiary/aromatic N) is 3. The van der Waals surface area contributed by atoms with E-state index in [2.05, 4.69) is 22.5 Å². The van der Waals surface area contributed by atoms with Gasteiger partial charge in [0, 0.05) is 18.6 Å². The van der Waals surface area contributed by atoms with Crippen LogP contribution >= 0.6 is 0 Å². The molecule has 1 aromatic rings. The lowest BCUT2D eigenvalue weighted by molar-refractivity contribution is -0.114. The van der Waals surface area contributed by atoms with Crippen LogP contribution in [0.25, 0.3) is 6.20 Å². The fraction of sp³-hybridized carbons (Fsp3) is 0.200. The lowest BCUT2D eigenvalue weighted by Crippen LogP contribution is -2.37. The second-order valence-corrected chi connectivity index (χ2v) is 3.64. The van der Waals surface area contributed by atoms with Crippen molar-refractivity contribution in [3.05, 3.63) is 36.2 Å². The first kappa shape index (κ1) is 11.2. The molecule has 0 spiro atoms. The summed E-state index contributed by atoms with van der Waals surface area (Å²) in [6.45, 7) is 6.09. The predicted octanol–water partition coefficient (Wildman–Crippen LogP) is -0.556. The maximum atomic E-state index is 10.9. The summed E-state index contributed by atoms with van der Waals surface area (Å²) >= 11 is 0. The highest BCUT2D eigenvalue weighted by atomic mass is 16.1. The fourth-order valence-corrected chi connectivity index (χ4v) is 1.55. The summed E-state index contributed by atoms with van der Waals surface area (Å²) in [6, 6.07) is 0. The van der Waals surface area contributed by atoms with Gasteiger partial charge in [0.25, 0.3) is 5.91 Å². The Morgan fingerprint density at radius 3 is 3.00 bits per heavy atom. The van der Waals surface area contributed by atoms with Crippen LogP contribution in [0.5, 0.6) is 0 Å². The quantitative estimate of drug-likeness (QED) is 0.650. The molecule has 17 heavy (non-hydrogen) atoms. The third-order valence-corrected chi connectivity index (χ3v) is 2.38. The Kier molecular flexibility index (Phi) is 2.84. The van der Waals surface area contributed by atoms with Gasteiger partial charge in [-0.1, -0.05) is 6.58 Å². The van der Waals surface area contributed by atoms with Gasteiger partial charge in [0.2, 0.25) is 0 Å². The van der Waals surface area contributed by atoms with Crippen LogP contribution in [0.1, 0.15) is 11.5 Å². The van der Waals surface area contributed by atoms with E-state index < -0.39 is 5.91 Å². The van der Waals surface area contributed by atoms with Gasteiger partial charge in [-0.3, -0.25) is 15.2 Å². The van der Waals surface area contributed by atoms with Gasteiger partial charge >= 0.3 is 0 Å². The Bertz CT molecular complexity index is 489. The monoisotopic (exact) mass is 234 g/mol. The van der Waals surface area contributed by atoms with Crippen LogP contribution in [0.3, 0.4) is 0 Å². The van der Waals surface area contributed by atoms with Crippen LogP contribution in [-0.2, 0) is 11.3 Å². The standard InChI is InChI=1S/C10H14N6O/c1-3-15-4-8(12-7(15)2)5-16-6-9(10(11)17)13-14-16/h3-4,6,13-14H,1,5H2,2H3,(H2,11,17). The highest BCUT2D eigenvalue weighted by molar-refractivity contribution is 5.91. The summed E-state index contributed by atoms with van der Waals surface area (Å²) in [5.41, 5.74) is 11.8. The van der Waals surface area contributed by atoms with E-state index >= 15 is 0 Å². The molecule has 1 amide bonds. The van der Waals surface area contributed by atoms with E-state index in [0.29, 0.717) is 12.2 Å². The third-order valence-electron chi connectivity index (χ3n) is 2.38. The summed E-state index contributed by atoms with van der Waals surface area (Å²) in [6.07, 6.45) is 5.16. The van der Waals surface area contributed by atoms with Crippen molar-refractivity contribution < 1.29 is 4.79 Å². The maximum absolute atomic E-state index is 10.9. The lowest BCUT2D eigenvalue weighted by atomic mass is 10.4. The Morgan fingerprint density at radius 1 is 1.71 bits per heavy atom. The summed E-state index contributed by atoms with van der Waals surface area (Å²) in [5.74, 6) is 0.356. The average molecular weight is 234 g/mol. The molecule has 1 aliphatic heterocycles. The van der Waals surface area contributed by atoms with E-state index in [1.165, 1.54) is 0 Å². The Hall–Kier alpha value is -2.28. The highest BCUT2D eigenvalue weighted by Gasteiger charge is 2.16. The number of carbonyl (C=O) groups is 1. The highest BCUT2D eigenvalue weighted by Crippen LogP contribution is 2.08. The minimum atomic E-state index is -0.507. The second kappa shape index (κ2) is 4.30. The molecule has 1 aliphatic rings. The molecule has 0 unspecified atom stereocenters. The molecule has 2 heterocycles. The van der Waals surface area contributed by atoms with E-state index in [1.807, 2.05) is 17.7 Å². The number of nitrogens with two attached hydrogens (primary N) is 1. The smallest absolute Gasteiger partial charge is 0.267 e. The molecule has 0 saturated heterocycles. The number of hydrazine groups is 2. The minimum Gasteiger partial charge on any atom is -0.364 e. The number of amides is 1. The predicted molar refractivity (Wildman–Crippen MR) is 62.4 cm³/mol. The van der Waals surface area contributed by atoms with Crippen molar-refractivity contribution in [2.75, 3.05) is 0 Å². The van der Waals surface area contributed by atoms with Crippen molar-refractivity contribution in [1.82, 2.24) is 25.5 Å². The van der Waals surface area contributed by atoms with Crippen LogP contribution in [0.15, 0.2) is 24.7 Å². The third kappa shape index (κ3) is 2.28. The zero-order valence-corrected chi connectivity index (χ0v) is 9.47. The van der Waals surface area contributed by atoms with Crippen LogP contribution in [-0.4, -0.2) is 20.5 Å². The van der Waals surface area contributed by atoms with Gasteiger partial charge in [-0.05, 0) is 6.92 Å². The SMILES string of the molecule is C=Cn1cc(CN2C=C(C(N)=O)NN2)nc1C. The molecule has 1 aromatic heterocycles. The van der Waals surface area contributed by atoms with E-state index in [0.717, 1.165) is 11.5 Å². The Balaban J connectivity index is 2.07. The maximum Gasteiger partial charge on any atom is 0.267 e. The first-order valence-corrected chi connectivity index (χ1v) is 5.07. The first-order valence-electron chi connectivity index (χ1n) is 5.07. The average Bonchev–Trinajstić information content (AvgIpc) is 2.86. The molecule has 4 N–H and O–H groups in total. The number of carbonyl (C=O) groups excluding carboxylic acids is 1. The first-order chi connectivity index (χ1) is 8.10. The number of rotatable bonds is 4. The topological polar surface area (TPSA) is 88.2 Å². The van der Waals surface area contributed by atoms with Crippen molar-refractivity contribution in [3.63, 3.8) is 0 Å². The molecule has 0 fully saturated rings. The number of nitrogens with one attached hydrogen (secondary N) is 2. The Morgan fingerprint density at radius 2 is 2.47 bits per heavy atom. The number of imidazole rings is 1. The molecule has 0 aliphatic carbocycles. The van der Waals surface area contributed by atoms with E-state index in [4.69, 9.17) is 5.73 Å². The molecule has 7 nitrogen and oxygen atoms in total. The zero-order valence-electron chi connectivity index (χ0n) is 9.47. The van der Waals surface area contributed by atoms with Gasteiger partial charge in [-0.25, -0.2) is 4.98 Å². The molecular weight excluding hydrogens is 220 g/mol. The van der Waals surface area contributed by atoms with Crippen molar-refractivity contribution in [3.8, 4) is 0 Å². The molecule has 90 valence electrons. The van der Waals surface area contributed by atoms with Crippen molar-refractivity contribution >= 4 is 12.1 Å². The molecule has 0 bridgehead atoms. The van der Waals surface area contributed by atoms with Crippen molar-refractivity contribution in [2.45, 2.75) is 13.5 Å². The second-order valence-electron chi connectivity index (χ2n) is 3.64. The summed E-state index contributed by atoms with van der Waals surface area (Å²) in [4.78, 5) is 15.2. The van der Waals surface area contributed by atoms with Crippen LogP contribution in [0.2, 0.25) is 0 Å². The van der Waals surface area contributed by atoms with E-state index in [-0.39, 0.29) is 0 Å². The number of aromatic nitrogens is 2. The van der Waals surface area contributed by atoms with E-state index in [9.17, 15) is 4.79 Å². The van der Waals surface area contributed by atoms with Crippen molar-refractivity contribution in [1.29, 1.82) is 0 Å². The molecular formula is C10H14N6O. The van der Waals surface area contributed by atoms with Gasteiger partial charge in [-0.2, -0.15) is 0 Å². The molecule has 0 saturated carbocycles. The normalized spacial score (nSPS) is 14.4. The number of hydrogen-bond donors (Lipinski definition) is 3. The molecule has 7 heteroatoms. The molecule has 2 rings (SSSR count). The van der Waals surface area contributed by atoms with Crippen LogP contribution in [0, 0.1) is 6.92 Å². The van der Waals surface area contributed by atoms with E-state index in [1.54, 1.807) is 17.4 Å². The largest absolute Gasteiger partial charge is 0.364 e. The summed E-state index contributed by atoms with van der Waals surface area (Å²) < 4.78 is 1.83. The van der Waals surface area contributed by atoms with Gasteiger partial charge in [0.05, 0.1) is 12.2 Å². The summed E-state index contributed by atoms with van der Waals surface area (Å²) in [7, 11) is 0. The molecule has 0 atom stereocenters. The number of hydrogen-bond acceptors (Lipinski definition) is 5. The molecule has 0 aromatic carbocycles. The zero-order chi connectivity index (χ0) is 12.4. The fourth-order valence-electron chi connectivity index (χ4n) is 1.55. The molecule has 0 radical (unpaired) electrons. The Labute approximate surface area is 98.5 Å². The van der Waals surface area contributed by atoms with Crippen LogP contribution < -0.4 is 16.7 Å². The van der Waals surface area contributed by atoms with Gasteiger partial charge in [0.1, 0.15) is 11.5 Å². The number of primary amides is 1. The van der Waals surface area contributed by atoms with Crippen LogP contribution in [0.4, 0.5) is 0 Å². The van der Waals surface area contributed by atoms with Gasteiger partial charge in [-0.15, -0.1) is 5.53 Å².